The van der Waals surface area contributed by atoms with Gasteiger partial charge in [-0.15, -0.1) is 0 Å². The molecule has 1 aromatic heterocycles. The van der Waals surface area contributed by atoms with E-state index in [0.717, 1.165) is 24.2 Å². The molecule has 0 atom stereocenters. The van der Waals surface area contributed by atoms with Crippen LogP contribution in [-0.4, -0.2) is 28.3 Å². The Kier molecular flexibility index (Phi) is 6.22. The zero-order chi connectivity index (χ0) is 19.9. The molecule has 0 radical (unpaired) electrons. The molecule has 0 unspecified atom stereocenters. The van der Waals surface area contributed by atoms with Gasteiger partial charge in [-0.25, -0.2) is 9.48 Å². The van der Waals surface area contributed by atoms with Gasteiger partial charge in [0, 0.05) is 5.69 Å². The van der Waals surface area contributed by atoms with Gasteiger partial charge >= 0.3 is 5.97 Å². The number of ether oxygens (including phenoxy) is 1. The number of nitrogens with one attached hydrogen (secondary N) is 1. The number of hydrogen-bond donors (Lipinski definition) is 1. The van der Waals surface area contributed by atoms with Crippen LogP contribution in [0.2, 0.25) is 0 Å². The molecule has 1 amide bonds. The van der Waals surface area contributed by atoms with Crippen molar-refractivity contribution >= 4 is 17.6 Å². The summed E-state index contributed by atoms with van der Waals surface area (Å²) in [4.78, 5) is 24.6. The number of amides is 1. The third kappa shape index (κ3) is 4.28. The van der Waals surface area contributed by atoms with Gasteiger partial charge in [0.25, 0.3) is 5.91 Å². The summed E-state index contributed by atoms with van der Waals surface area (Å²) in [5.74, 6) is -0.607. The Morgan fingerprint density at radius 3 is 2.39 bits per heavy atom. The standard InChI is InChI=1S/C22H23N3O3/c1-3-8-20-19(15-23-25(20)18-9-6-5-7-10-18)21(26)24-17-13-11-16(12-14-17)22(27)28-4-2/h5-7,9-15H,3-4,8H2,1-2H3,(H,24,26). The van der Waals surface area contributed by atoms with Gasteiger partial charge in [0.05, 0.1) is 35.3 Å². The first kappa shape index (κ1) is 19.4. The van der Waals surface area contributed by atoms with Crippen molar-refractivity contribution in [1.29, 1.82) is 0 Å². The predicted octanol–water partition coefficient (Wildman–Crippen LogP) is 4.25. The van der Waals surface area contributed by atoms with E-state index in [9.17, 15) is 9.59 Å². The predicted molar refractivity (Wildman–Crippen MR) is 108 cm³/mol. The Morgan fingerprint density at radius 1 is 1.04 bits per heavy atom. The highest BCUT2D eigenvalue weighted by atomic mass is 16.5. The number of carbonyl (C=O) groups excluding carboxylic acids is 2. The monoisotopic (exact) mass is 377 g/mol. The van der Waals surface area contributed by atoms with Crippen LogP contribution in [0.25, 0.3) is 5.69 Å². The molecule has 0 saturated heterocycles. The number of aromatic nitrogens is 2. The maximum Gasteiger partial charge on any atom is 0.338 e. The molecule has 6 heteroatoms. The molecule has 0 saturated carbocycles. The lowest BCUT2D eigenvalue weighted by atomic mass is 10.1. The highest BCUT2D eigenvalue weighted by Gasteiger charge is 2.18. The SMILES string of the molecule is CCCc1c(C(=O)Nc2ccc(C(=O)OCC)cc2)cnn1-c1ccccc1. The van der Waals surface area contributed by atoms with Gasteiger partial charge in [0.15, 0.2) is 0 Å². The third-order valence-electron chi connectivity index (χ3n) is 4.25. The zero-order valence-corrected chi connectivity index (χ0v) is 16.0. The van der Waals surface area contributed by atoms with E-state index in [0.29, 0.717) is 23.4 Å². The van der Waals surface area contributed by atoms with Crippen LogP contribution in [-0.2, 0) is 11.2 Å². The minimum absolute atomic E-state index is 0.227. The molecule has 0 aliphatic rings. The maximum atomic E-state index is 12.8. The minimum Gasteiger partial charge on any atom is -0.462 e. The van der Waals surface area contributed by atoms with Crippen LogP contribution in [0.5, 0.6) is 0 Å². The first-order valence-electron chi connectivity index (χ1n) is 9.34. The van der Waals surface area contributed by atoms with E-state index < -0.39 is 0 Å². The summed E-state index contributed by atoms with van der Waals surface area (Å²) in [7, 11) is 0. The smallest absolute Gasteiger partial charge is 0.338 e. The van der Waals surface area contributed by atoms with Crippen LogP contribution in [0.3, 0.4) is 0 Å². The number of rotatable bonds is 7. The Balaban J connectivity index is 1.81. The molecule has 3 aromatic rings. The lowest BCUT2D eigenvalue weighted by Gasteiger charge is -2.10. The topological polar surface area (TPSA) is 73.2 Å². The van der Waals surface area contributed by atoms with E-state index in [1.54, 1.807) is 37.4 Å². The normalized spacial score (nSPS) is 10.5. The summed E-state index contributed by atoms with van der Waals surface area (Å²) in [5, 5.41) is 7.30. The second-order valence-corrected chi connectivity index (χ2v) is 6.25. The molecule has 6 nitrogen and oxygen atoms in total. The molecular formula is C22H23N3O3. The minimum atomic E-state index is -0.380. The van der Waals surface area contributed by atoms with Crippen molar-refractivity contribution in [2.75, 3.05) is 11.9 Å². The van der Waals surface area contributed by atoms with E-state index in [1.807, 2.05) is 35.0 Å². The van der Waals surface area contributed by atoms with Gasteiger partial charge in [0.2, 0.25) is 0 Å². The number of anilines is 1. The number of carbonyl (C=O) groups is 2. The Labute approximate surface area is 164 Å². The molecule has 0 aliphatic carbocycles. The lowest BCUT2D eigenvalue weighted by Crippen LogP contribution is -2.15. The fourth-order valence-corrected chi connectivity index (χ4v) is 2.94. The van der Waals surface area contributed by atoms with Crippen LogP contribution in [0, 0.1) is 0 Å². The van der Waals surface area contributed by atoms with E-state index >= 15 is 0 Å². The number of nitrogens with zero attached hydrogens (tertiary/aromatic N) is 2. The number of benzene rings is 2. The largest absolute Gasteiger partial charge is 0.462 e. The highest BCUT2D eigenvalue weighted by molar-refractivity contribution is 6.05. The molecule has 0 fully saturated rings. The second-order valence-electron chi connectivity index (χ2n) is 6.25. The average molecular weight is 377 g/mol. The van der Waals surface area contributed by atoms with Crippen LogP contribution in [0.4, 0.5) is 5.69 Å². The van der Waals surface area contributed by atoms with E-state index in [-0.39, 0.29) is 11.9 Å². The zero-order valence-electron chi connectivity index (χ0n) is 16.0. The Bertz CT molecular complexity index is 947. The molecular weight excluding hydrogens is 354 g/mol. The van der Waals surface area contributed by atoms with E-state index in [1.165, 1.54) is 0 Å². The van der Waals surface area contributed by atoms with Gasteiger partial charge in [-0.3, -0.25) is 4.79 Å². The fourth-order valence-electron chi connectivity index (χ4n) is 2.94. The van der Waals surface area contributed by atoms with Crippen molar-refractivity contribution in [1.82, 2.24) is 9.78 Å². The van der Waals surface area contributed by atoms with Crippen molar-refractivity contribution < 1.29 is 14.3 Å². The van der Waals surface area contributed by atoms with E-state index in [4.69, 9.17) is 4.74 Å². The number of hydrogen-bond acceptors (Lipinski definition) is 4. The van der Waals surface area contributed by atoms with Crippen molar-refractivity contribution in [2.45, 2.75) is 26.7 Å². The Morgan fingerprint density at radius 2 is 1.75 bits per heavy atom. The van der Waals surface area contributed by atoms with Gasteiger partial charge in [-0.05, 0) is 49.7 Å². The first-order valence-corrected chi connectivity index (χ1v) is 9.34. The number of para-hydroxylation sites is 1. The fraction of sp³-hybridized carbons (Fsp3) is 0.227. The summed E-state index contributed by atoms with van der Waals surface area (Å²) < 4.78 is 6.78. The third-order valence-corrected chi connectivity index (χ3v) is 4.25. The molecule has 0 spiro atoms. The molecule has 0 bridgehead atoms. The molecule has 1 N–H and O–H groups in total. The molecule has 3 rings (SSSR count). The van der Waals surface area contributed by atoms with Gasteiger partial charge in [-0.2, -0.15) is 5.10 Å². The summed E-state index contributed by atoms with van der Waals surface area (Å²) >= 11 is 0. The van der Waals surface area contributed by atoms with Crippen LogP contribution < -0.4 is 5.32 Å². The highest BCUT2D eigenvalue weighted by Crippen LogP contribution is 2.19. The van der Waals surface area contributed by atoms with Crippen molar-refractivity contribution in [2.24, 2.45) is 0 Å². The second kappa shape index (κ2) is 8.99. The van der Waals surface area contributed by atoms with Gasteiger partial charge in [-0.1, -0.05) is 31.5 Å². The van der Waals surface area contributed by atoms with Crippen LogP contribution >= 0.6 is 0 Å². The van der Waals surface area contributed by atoms with Gasteiger partial charge in [0.1, 0.15) is 0 Å². The first-order chi connectivity index (χ1) is 13.6. The summed E-state index contributed by atoms with van der Waals surface area (Å²) in [6.07, 6.45) is 3.23. The molecule has 1 heterocycles. The number of esters is 1. The van der Waals surface area contributed by atoms with Crippen LogP contribution in [0.1, 0.15) is 46.7 Å². The Hall–Kier alpha value is -3.41. The quantitative estimate of drug-likeness (QED) is 0.625. The van der Waals surface area contributed by atoms with Crippen molar-refractivity contribution in [3.63, 3.8) is 0 Å². The van der Waals surface area contributed by atoms with Gasteiger partial charge < -0.3 is 10.1 Å². The van der Waals surface area contributed by atoms with Crippen LogP contribution in [0.15, 0.2) is 60.8 Å². The average Bonchev–Trinajstić information content (AvgIpc) is 3.13. The summed E-state index contributed by atoms with van der Waals surface area (Å²) in [6.45, 7) is 4.15. The van der Waals surface area contributed by atoms with Crippen molar-refractivity contribution in [3.05, 3.63) is 77.6 Å². The van der Waals surface area contributed by atoms with E-state index in [2.05, 4.69) is 17.3 Å². The molecule has 0 aliphatic heterocycles. The molecule has 28 heavy (non-hydrogen) atoms. The molecule has 2 aromatic carbocycles. The maximum absolute atomic E-state index is 12.8. The summed E-state index contributed by atoms with van der Waals surface area (Å²) in [6, 6.07) is 16.4. The lowest BCUT2D eigenvalue weighted by molar-refractivity contribution is 0.0526. The van der Waals surface area contributed by atoms with Crippen molar-refractivity contribution in [3.8, 4) is 5.69 Å². The summed E-state index contributed by atoms with van der Waals surface area (Å²) in [5.41, 5.74) is 3.38. The molecule has 144 valence electrons.